The zero-order valence-corrected chi connectivity index (χ0v) is 18.2. The molecular weight excluding hydrogens is 380 g/mol. The van der Waals surface area contributed by atoms with E-state index in [4.69, 9.17) is 4.74 Å². The number of nitrogens with zero attached hydrogens (tertiary/aromatic N) is 4. The molecule has 0 saturated heterocycles. The van der Waals surface area contributed by atoms with Crippen LogP contribution in [0, 0.1) is 6.92 Å². The maximum atomic E-state index is 12.3. The van der Waals surface area contributed by atoms with Crippen LogP contribution in [0.1, 0.15) is 50.2 Å². The smallest absolute Gasteiger partial charge is 0.415 e. The van der Waals surface area contributed by atoms with Crippen molar-refractivity contribution >= 4 is 28.6 Å². The van der Waals surface area contributed by atoms with Crippen LogP contribution in [0.5, 0.6) is 0 Å². The van der Waals surface area contributed by atoms with Crippen LogP contribution in [0.25, 0.3) is 22.0 Å². The molecule has 0 aliphatic heterocycles. The zero-order chi connectivity index (χ0) is 22.1. The van der Waals surface area contributed by atoms with Gasteiger partial charge in [0, 0.05) is 54.6 Å². The lowest BCUT2D eigenvalue weighted by atomic mass is 10.0. The molecule has 0 saturated carbocycles. The van der Waals surface area contributed by atoms with Crippen LogP contribution in [-0.2, 0) is 4.74 Å². The first kappa shape index (κ1) is 21.4. The number of aromatic nitrogens is 3. The van der Waals surface area contributed by atoms with E-state index in [1.807, 2.05) is 46.8 Å². The number of carbonyl (C=O) groups excluding carboxylic acids is 2. The molecule has 1 amide bonds. The van der Waals surface area contributed by atoms with Crippen LogP contribution >= 0.6 is 0 Å². The summed E-state index contributed by atoms with van der Waals surface area (Å²) in [6.07, 6.45) is 5.09. The molecule has 7 nitrogen and oxygen atoms in total. The van der Waals surface area contributed by atoms with Crippen LogP contribution < -0.4 is 4.90 Å². The molecule has 3 aromatic heterocycles. The Hall–Kier alpha value is -3.35. The van der Waals surface area contributed by atoms with Gasteiger partial charge in [-0.25, -0.2) is 9.78 Å². The van der Waals surface area contributed by atoms with Gasteiger partial charge in [-0.05, 0) is 45.4 Å². The van der Waals surface area contributed by atoms with E-state index in [-0.39, 0.29) is 5.78 Å². The minimum Gasteiger partial charge on any atom is -0.443 e. The van der Waals surface area contributed by atoms with Gasteiger partial charge in [0.25, 0.3) is 0 Å². The van der Waals surface area contributed by atoms with Crippen molar-refractivity contribution in [1.82, 2.24) is 15.0 Å². The third kappa shape index (κ3) is 4.62. The molecule has 3 heterocycles. The van der Waals surface area contributed by atoms with Crippen molar-refractivity contribution in [2.75, 3.05) is 11.9 Å². The second-order valence-corrected chi connectivity index (χ2v) is 8.16. The Morgan fingerprint density at radius 2 is 1.77 bits per heavy atom. The maximum Gasteiger partial charge on any atom is 0.415 e. The quantitative estimate of drug-likeness (QED) is 0.569. The SMILES string of the molecule is CCC(=O)c1cc(C)c(-c2cnc3cc(N(C)C(=O)OC(C)(C)C)ncc3c2)cn1. The van der Waals surface area contributed by atoms with Gasteiger partial charge in [-0.1, -0.05) is 6.92 Å². The summed E-state index contributed by atoms with van der Waals surface area (Å²) in [4.78, 5) is 38.7. The highest BCUT2D eigenvalue weighted by Crippen LogP contribution is 2.27. The Morgan fingerprint density at radius 1 is 1.03 bits per heavy atom. The molecule has 3 rings (SSSR count). The molecule has 0 N–H and O–H groups in total. The van der Waals surface area contributed by atoms with Crippen molar-refractivity contribution in [3.05, 3.63) is 48.0 Å². The van der Waals surface area contributed by atoms with E-state index in [9.17, 15) is 9.59 Å². The van der Waals surface area contributed by atoms with Crippen LogP contribution in [0.3, 0.4) is 0 Å². The molecule has 0 aliphatic rings. The van der Waals surface area contributed by atoms with Crippen molar-refractivity contribution in [3.63, 3.8) is 0 Å². The van der Waals surface area contributed by atoms with Crippen molar-refractivity contribution in [2.45, 2.75) is 46.6 Å². The summed E-state index contributed by atoms with van der Waals surface area (Å²) in [7, 11) is 1.62. The normalized spacial score (nSPS) is 11.4. The number of amides is 1. The fraction of sp³-hybridized carbons (Fsp3) is 0.348. The molecule has 156 valence electrons. The zero-order valence-electron chi connectivity index (χ0n) is 18.2. The number of anilines is 1. The lowest BCUT2D eigenvalue weighted by Crippen LogP contribution is -2.34. The molecule has 0 fully saturated rings. The van der Waals surface area contributed by atoms with Gasteiger partial charge >= 0.3 is 6.09 Å². The van der Waals surface area contributed by atoms with Gasteiger partial charge in [-0.15, -0.1) is 0 Å². The van der Waals surface area contributed by atoms with E-state index in [0.29, 0.717) is 23.4 Å². The van der Waals surface area contributed by atoms with Gasteiger partial charge in [0.15, 0.2) is 5.78 Å². The highest BCUT2D eigenvalue weighted by Gasteiger charge is 2.21. The average molecular weight is 406 g/mol. The first-order valence-electron chi connectivity index (χ1n) is 9.82. The van der Waals surface area contributed by atoms with Crippen molar-refractivity contribution in [2.24, 2.45) is 0 Å². The highest BCUT2D eigenvalue weighted by molar-refractivity contribution is 5.95. The number of rotatable bonds is 4. The molecule has 7 heteroatoms. The number of fused-ring (bicyclic) bond motifs is 1. The Balaban J connectivity index is 1.91. The van der Waals surface area contributed by atoms with Gasteiger partial charge in [0.1, 0.15) is 17.1 Å². The number of hydrogen-bond acceptors (Lipinski definition) is 6. The number of aryl methyl sites for hydroxylation is 1. The van der Waals surface area contributed by atoms with Gasteiger partial charge in [0.2, 0.25) is 0 Å². The summed E-state index contributed by atoms with van der Waals surface area (Å²) in [6, 6.07) is 5.53. The number of ketones is 1. The van der Waals surface area contributed by atoms with Crippen molar-refractivity contribution in [3.8, 4) is 11.1 Å². The van der Waals surface area contributed by atoms with E-state index in [1.54, 1.807) is 31.7 Å². The summed E-state index contributed by atoms with van der Waals surface area (Å²) in [6.45, 7) is 9.22. The van der Waals surface area contributed by atoms with E-state index in [2.05, 4.69) is 15.0 Å². The summed E-state index contributed by atoms with van der Waals surface area (Å²) in [5.41, 5.74) is 3.35. The minimum absolute atomic E-state index is 0.0205. The average Bonchev–Trinajstić information content (AvgIpc) is 2.70. The van der Waals surface area contributed by atoms with E-state index in [0.717, 1.165) is 22.1 Å². The van der Waals surface area contributed by atoms with Gasteiger partial charge in [0.05, 0.1) is 5.52 Å². The fourth-order valence-corrected chi connectivity index (χ4v) is 2.96. The first-order chi connectivity index (χ1) is 14.1. The van der Waals surface area contributed by atoms with Gasteiger partial charge in [-0.2, -0.15) is 0 Å². The van der Waals surface area contributed by atoms with Crippen LogP contribution in [0.15, 0.2) is 36.8 Å². The summed E-state index contributed by atoms with van der Waals surface area (Å²) in [5, 5.41) is 0.835. The number of ether oxygens (including phenoxy) is 1. The highest BCUT2D eigenvalue weighted by atomic mass is 16.6. The topological polar surface area (TPSA) is 85.3 Å². The van der Waals surface area contributed by atoms with Crippen LogP contribution in [0.2, 0.25) is 0 Å². The van der Waals surface area contributed by atoms with E-state index in [1.165, 1.54) is 4.90 Å². The third-order valence-corrected chi connectivity index (χ3v) is 4.59. The lowest BCUT2D eigenvalue weighted by Gasteiger charge is -2.24. The molecule has 0 spiro atoms. The molecule has 3 aromatic rings. The predicted molar refractivity (Wildman–Crippen MR) is 117 cm³/mol. The largest absolute Gasteiger partial charge is 0.443 e. The molecule has 0 radical (unpaired) electrons. The number of carbonyl (C=O) groups is 2. The Bertz CT molecular complexity index is 1120. The standard InChI is InChI=1S/C23H26N4O3/c1-7-20(28)19-8-14(2)17(13-25-19)15-9-16-12-26-21(10-18(16)24-11-15)27(6)22(29)30-23(3,4)5/h8-13H,7H2,1-6H3. The molecular formula is C23H26N4O3. The Kier molecular flexibility index (Phi) is 5.82. The maximum absolute atomic E-state index is 12.3. The molecule has 0 atom stereocenters. The van der Waals surface area contributed by atoms with E-state index >= 15 is 0 Å². The van der Waals surface area contributed by atoms with E-state index < -0.39 is 11.7 Å². The monoisotopic (exact) mass is 406 g/mol. The fourth-order valence-electron chi connectivity index (χ4n) is 2.96. The molecule has 0 aliphatic carbocycles. The number of hydrogen-bond donors (Lipinski definition) is 0. The van der Waals surface area contributed by atoms with Crippen LogP contribution in [0.4, 0.5) is 10.6 Å². The summed E-state index contributed by atoms with van der Waals surface area (Å²) < 4.78 is 5.39. The minimum atomic E-state index is -0.585. The summed E-state index contributed by atoms with van der Waals surface area (Å²) in [5.74, 6) is 0.476. The lowest BCUT2D eigenvalue weighted by molar-refractivity contribution is 0.0588. The predicted octanol–water partition coefficient (Wildman–Crippen LogP) is 4.96. The number of pyridine rings is 3. The second-order valence-electron chi connectivity index (χ2n) is 8.16. The molecule has 0 unspecified atom stereocenters. The Morgan fingerprint density at radius 3 is 2.40 bits per heavy atom. The third-order valence-electron chi connectivity index (χ3n) is 4.59. The van der Waals surface area contributed by atoms with Gasteiger partial charge in [-0.3, -0.25) is 19.7 Å². The Labute approximate surface area is 176 Å². The first-order valence-corrected chi connectivity index (χ1v) is 9.82. The van der Waals surface area contributed by atoms with Gasteiger partial charge < -0.3 is 4.74 Å². The van der Waals surface area contributed by atoms with Crippen LogP contribution in [-0.4, -0.2) is 39.5 Å². The van der Waals surface area contributed by atoms with Crippen molar-refractivity contribution in [1.29, 1.82) is 0 Å². The second kappa shape index (κ2) is 8.18. The molecule has 0 bridgehead atoms. The van der Waals surface area contributed by atoms with Crippen molar-refractivity contribution < 1.29 is 14.3 Å². The number of Topliss-reactive ketones (excluding diaryl/α,β-unsaturated/α-hetero) is 1. The summed E-state index contributed by atoms with van der Waals surface area (Å²) >= 11 is 0. The molecule has 0 aromatic carbocycles. The molecule has 30 heavy (non-hydrogen) atoms.